The molecule has 0 atom stereocenters. The molecule has 0 unspecified atom stereocenters. The number of hydrogen-bond donors (Lipinski definition) is 1. The molecule has 0 fully saturated rings. The van der Waals surface area contributed by atoms with Crippen molar-refractivity contribution in [2.75, 3.05) is 6.61 Å². The topological polar surface area (TPSA) is 38.3 Å². The molecule has 0 aliphatic heterocycles. The highest BCUT2D eigenvalue weighted by atomic mass is 16.5. The van der Waals surface area contributed by atoms with Gasteiger partial charge in [-0.05, 0) is 24.1 Å². The second-order valence-electron chi connectivity index (χ2n) is 3.30. The Morgan fingerprint density at radius 1 is 1.33 bits per heavy atom. The number of ether oxygens (including phenoxy) is 1. The quantitative estimate of drug-likeness (QED) is 0.547. The fourth-order valence-corrected chi connectivity index (χ4v) is 1.18. The molecule has 0 heterocycles. The summed E-state index contributed by atoms with van der Waals surface area (Å²) in [5, 5.41) is 2.49. The molecule has 0 aromatic heterocycles. The second-order valence-corrected chi connectivity index (χ2v) is 3.30. The number of amides is 1. The average Bonchev–Trinajstić information content (AvgIpc) is 2.28. The maximum absolute atomic E-state index is 9.96. The first-order valence-corrected chi connectivity index (χ1v) is 5.18. The molecule has 0 aliphatic rings. The lowest BCUT2D eigenvalue weighted by molar-refractivity contribution is 0.309. The summed E-state index contributed by atoms with van der Waals surface area (Å²) >= 11 is 0. The van der Waals surface area contributed by atoms with Gasteiger partial charge in [-0.3, -0.25) is 4.79 Å². The monoisotopic (exact) mass is 206 g/mol. The number of unbranched alkanes of at least 4 members (excludes halogenated alkanes) is 1. The highest BCUT2D eigenvalue weighted by Crippen LogP contribution is 2.12. The van der Waals surface area contributed by atoms with Crippen LogP contribution in [0.3, 0.4) is 0 Å². The van der Waals surface area contributed by atoms with Gasteiger partial charge in [0.15, 0.2) is 0 Å². The molecule has 3 nitrogen and oxygen atoms in total. The Bertz CT molecular complexity index is 282. The van der Waals surface area contributed by atoms with Crippen molar-refractivity contribution in [2.24, 2.45) is 0 Å². The minimum Gasteiger partial charge on any atom is -0.494 e. The van der Waals surface area contributed by atoms with Gasteiger partial charge in [0.1, 0.15) is 5.75 Å². The van der Waals surface area contributed by atoms with E-state index in [1.54, 1.807) is 6.41 Å². The zero-order valence-corrected chi connectivity index (χ0v) is 8.95. The van der Waals surface area contributed by atoms with Crippen molar-refractivity contribution >= 4 is 6.41 Å². The van der Waals surface area contributed by atoms with Gasteiger partial charge in [0.25, 0.3) is 0 Å². The molecule has 1 aromatic rings. The maximum Gasteiger partial charge on any atom is 0.309 e. The Morgan fingerprint density at radius 3 is 2.67 bits per heavy atom. The van der Waals surface area contributed by atoms with Crippen LogP contribution in [0, 0.1) is 0 Å². The van der Waals surface area contributed by atoms with Crippen LogP contribution in [0.1, 0.15) is 25.3 Å². The smallest absolute Gasteiger partial charge is 0.309 e. The highest BCUT2D eigenvalue weighted by Gasteiger charge is 1.94. The van der Waals surface area contributed by atoms with Crippen LogP contribution in [-0.2, 0) is 11.3 Å². The standard InChI is InChI=1S/C12H16NO2/c1-2-3-8-15-12-6-4-11(5-7-12)9-13-10-14/h4-7H,2-3,8-9H2,1H3,(H,13,14). The van der Waals surface area contributed by atoms with Crippen molar-refractivity contribution in [3.8, 4) is 5.75 Å². The van der Waals surface area contributed by atoms with Crippen LogP contribution in [0.25, 0.3) is 0 Å². The lowest BCUT2D eigenvalue weighted by Crippen LogP contribution is -2.09. The SMILES string of the molecule is CCCCOc1ccc(CN[C]=O)cc1. The second kappa shape index (κ2) is 6.87. The largest absolute Gasteiger partial charge is 0.494 e. The van der Waals surface area contributed by atoms with Crippen LogP contribution in [0.2, 0.25) is 0 Å². The van der Waals surface area contributed by atoms with Crippen molar-refractivity contribution in [3.05, 3.63) is 29.8 Å². The summed E-state index contributed by atoms with van der Waals surface area (Å²) in [5.41, 5.74) is 1.04. The maximum atomic E-state index is 9.96. The molecule has 1 rings (SSSR count). The third-order valence-corrected chi connectivity index (χ3v) is 2.05. The van der Waals surface area contributed by atoms with Gasteiger partial charge in [-0.15, -0.1) is 0 Å². The van der Waals surface area contributed by atoms with Crippen molar-refractivity contribution < 1.29 is 9.53 Å². The van der Waals surface area contributed by atoms with Gasteiger partial charge in [-0.25, -0.2) is 0 Å². The van der Waals surface area contributed by atoms with Gasteiger partial charge in [-0.1, -0.05) is 25.5 Å². The Balaban J connectivity index is 2.38. The molecular weight excluding hydrogens is 190 g/mol. The van der Waals surface area contributed by atoms with Crippen LogP contribution in [0.4, 0.5) is 0 Å². The van der Waals surface area contributed by atoms with E-state index in [0.717, 1.165) is 30.8 Å². The van der Waals surface area contributed by atoms with E-state index in [2.05, 4.69) is 12.2 Å². The number of carbonyl (C=O) groups excluding carboxylic acids is 1. The van der Waals surface area contributed by atoms with Crippen LogP contribution in [0.5, 0.6) is 5.75 Å². The lowest BCUT2D eigenvalue weighted by Gasteiger charge is -2.05. The summed E-state index contributed by atoms with van der Waals surface area (Å²) in [7, 11) is 0. The lowest BCUT2D eigenvalue weighted by atomic mass is 10.2. The summed E-state index contributed by atoms with van der Waals surface area (Å²) in [5.74, 6) is 0.877. The van der Waals surface area contributed by atoms with Crippen molar-refractivity contribution in [1.29, 1.82) is 0 Å². The Labute approximate surface area is 90.4 Å². The molecule has 0 saturated carbocycles. The Kier molecular flexibility index (Phi) is 5.30. The third kappa shape index (κ3) is 4.49. The van der Waals surface area contributed by atoms with Gasteiger partial charge in [0.05, 0.1) is 6.61 Å². The molecule has 1 N–H and O–H groups in total. The molecule has 1 radical (unpaired) electrons. The zero-order chi connectivity index (χ0) is 10.9. The van der Waals surface area contributed by atoms with Crippen LogP contribution < -0.4 is 10.1 Å². The van der Waals surface area contributed by atoms with Gasteiger partial charge in [-0.2, -0.15) is 0 Å². The minimum atomic E-state index is 0.513. The van der Waals surface area contributed by atoms with Gasteiger partial charge in [0.2, 0.25) is 0 Å². The van der Waals surface area contributed by atoms with E-state index in [1.165, 1.54) is 0 Å². The fraction of sp³-hybridized carbons (Fsp3) is 0.417. The van der Waals surface area contributed by atoms with E-state index in [0.29, 0.717) is 6.54 Å². The summed E-state index contributed by atoms with van der Waals surface area (Å²) in [6.45, 7) is 3.41. The van der Waals surface area contributed by atoms with Crippen LogP contribution in [-0.4, -0.2) is 13.0 Å². The molecule has 1 amide bonds. The van der Waals surface area contributed by atoms with Gasteiger partial charge in [0, 0.05) is 6.54 Å². The molecule has 1 aromatic carbocycles. The van der Waals surface area contributed by atoms with Crippen molar-refractivity contribution in [1.82, 2.24) is 5.32 Å². The van der Waals surface area contributed by atoms with Crippen LogP contribution >= 0.6 is 0 Å². The molecule has 81 valence electrons. The highest BCUT2D eigenvalue weighted by molar-refractivity contribution is 5.47. The molecule has 15 heavy (non-hydrogen) atoms. The van der Waals surface area contributed by atoms with E-state index in [4.69, 9.17) is 4.74 Å². The molecule has 0 bridgehead atoms. The van der Waals surface area contributed by atoms with E-state index in [9.17, 15) is 4.79 Å². The first kappa shape index (κ1) is 11.6. The predicted octanol–water partition coefficient (Wildman–Crippen LogP) is 2.02. The number of nitrogens with one attached hydrogen (secondary N) is 1. The Hall–Kier alpha value is -1.51. The molecule has 3 heteroatoms. The van der Waals surface area contributed by atoms with E-state index in [-0.39, 0.29) is 0 Å². The van der Waals surface area contributed by atoms with Gasteiger partial charge < -0.3 is 10.1 Å². The van der Waals surface area contributed by atoms with Gasteiger partial charge >= 0.3 is 6.41 Å². The summed E-state index contributed by atoms with van der Waals surface area (Å²) in [6, 6.07) is 7.70. The average molecular weight is 206 g/mol. The van der Waals surface area contributed by atoms with Crippen molar-refractivity contribution in [2.45, 2.75) is 26.3 Å². The first-order valence-electron chi connectivity index (χ1n) is 5.18. The number of rotatable bonds is 7. The summed E-state index contributed by atoms with van der Waals surface area (Å²) in [4.78, 5) is 9.96. The van der Waals surface area contributed by atoms with Crippen LogP contribution in [0.15, 0.2) is 24.3 Å². The molecular formula is C12H16NO2. The molecule has 0 spiro atoms. The number of benzene rings is 1. The zero-order valence-electron chi connectivity index (χ0n) is 8.95. The summed E-state index contributed by atoms with van der Waals surface area (Å²) < 4.78 is 5.51. The summed E-state index contributed by atoms with van der Waals surface area (Å²) in [6.07, 6.45) is 3.85. The molecule has 0 saturated heterocycles. The fourth-order valence-electron chi connectivity index (χ4n) is 1.18. The minimum absolute atomic E-state index is 0.513. The molecule has 0 aliphatic carbocycles. The third-order valence-electron chi connectivity index (χ3n) is 2.05. The van der Waals surface area contributed by atoms with Crippen molar-refractivity contribution in [3.63, 3.8) is 0 Å². The number of hydrogen-bond acceptors (Lipinski definition) is 2. The van der Waals surface area contributed by atoms with E-state index in [1.807, 2.05) is 24.3 Å². The normalized spacial score (nSPS) is 9.67. The Morgan fingerprint density at radius 2 is 2.07 bits per heavy atom. The van der Waals surface area contributed by atoms with E-state index >= 15 is 0 Å². The van der Waals surface area contributed by atoms with E-state index < -0.39 is 0 Å². The predicted molar refractivity (Wildman–Crippen MR) is 59.4 cm³/mol. The first-order chi connectivity index (χ1) is 7.36.